The molecule has 1 heterocycles. The average molecular weight is 323 g/mol. The third-order valence-corrected chi connectivity index (χ3v) is 6.72. The van der Waals surface area contributed by atoms with Gasteiger partial charge in [-0.3, -0.25) is 0 Å². The Morgan fingerprint density at radius 2 is 1.86 bits per heavy atom. The van der Waals surface area contributed by atoms with Crippen LogP contribution in [0.4, 0.5) is 4.79 Å². The van der Waals surface area contributed by atoms with Crippen LogP contribution < -0.4 is 0 Å². The van der Waals surface area contributed by atoms with E-state index in [1.807, 2.05) is 31.2 Å². The fourth-order valence-electron chi connectivity index (χ4n) is 2.80. The largest absolute Gasteiger partial charge is 0.465 e. The Morgan fingerprint density at radius 3 is 2.32 bits per heavy atom. The number of hydrogen-bond donors (Lipinski definition) is 1. The van der Waals surface area contributed by atoms with E-state index in [0.29, 0.717) is 18.4 Å². The molecule has 22 heavy (non-hydrogen) atoms. The smallest absolute Gasteiger partial charge is 0.407 e. The Bertz CT molecular complexity index is 643. The Kier molecular flexibility index (Phi) is 4.90. The zero-order chi connectivity index (χ0) is 16.3. The molecule has 0 aromatic heterocycles. The highest BCUT2D eigenvalue weighted by molar-refractivity contribution is 7.92. The predicted octanol–water partition coefficient (Wildman–Crippen LogP) is 2.78. The van der Waals surface area contributed by atoms with Crippen molar-refractivity contribution < 1.29 is 18.3 Å². The highest BCUT2D eigenvalue weighted by Crippen LogP contribution is 2.31. The van der Waals surface area contributed by atoms with Gasteiger partial charge in [0.2, 0.25) is 0 Å². The Morgan fingerprint density at radius 1 is 1.32 bits per heavy atom. The summed E-state index contributed by atoms with van der Waals surface area (Å²) in [6, 6.07) is 7.39. The first-order chi connectivity index (χ1) is 10.4. The number of carboxylic acid groups (broad SMARTS) is 1. The number of nitrogens with zero attached hydrogens (tertiary/aromatic N) is 1. The van der Waals surface area contributed by atoms with E-state index >= 15 is 0 Å². The molecule has 1 fully saturated rings. The highest BCUT2D eigenvalue weighted by atomic mass is 32.2. The lowest BCUT2D eigenvalue weighted by Crippen LogP contribution is -2.42. The SMILES string of the molecule is C=CC(c1ccc(C)cc1)S(=O)(=O)C1CCN(C(=O)O)CC1. The van der Waals surface area contributed by atoms with Crippen LogP contribution in [0.2, 0.25) is 0 Å². The molecular weight excluding hydrogens is 302 g/mol. The van der Waals surface area contributed by atoms with Crippen LogP contribution in [0.3, 0.4) is 0 Å². The van der Waals surface area contributed by atoms with Crippen molar-refractivity contribution in [3.8, 4) is 0 Å². The fourth-order valence-corrected chi connectivity index (χ4v) is 4.89. The van der Waals surface area contributed by atoms with Crippen molar-refractivity contribution in [2.75, 3.05) is 13.1 Å². The quantitative estimate of drug-likeness (QED) is 0.865. The van der Waals surface area contributed by atoms with Crippen LogP contribution in [-0.4, -0.2) is 42.9 Å². The first kappa shape index (κ1) is 16.5. The molecule has 1 aromatic rings. The van der Waals surface area contributed by atoms with Gasteiger partial charge >= 0.3 is 6.09 Å². The number of likely N-dealkylation sites (tertiary alicyclic amines) is 1. The Balaban J connectivity index is 2.19. The topological polar surface area (TPSA) is 74.7 Å². The summed E-state index contributed by atoms with van der Waals surface area (Å²) in [5.74, 6) is 0. The van der Waals surface area contributed by atoms with Gasteiger partial charge in [0, 0.05) is 13.1 Å². The minimum absolute atomic E-state index is 0.261. The fraction of sp³-hybridized carbons (Fsp3) is 0.438. The zero-order valence-electron chi connectivity index (χ0n) is 12.6. The van der Waals surface area contributed by atoms with Crippen LogP contribution in [-0.2, 0) is 9.84 Å². The molecule has 120 valence electrons. The predicted molar refractivity (Wildman–Crippen MR) is 85.7 cm³/mol. The summed E-state index contributed by atoms with van der Waals surface area (Å²) in [7, 11) is -3.43. The van der Waals surface area contributed by atoms with E-state index in [4.69, 9.17) is 5.11 Å². The second-order valence-electron chi connectivity index (χ2n) is 5.62. The lowest BCUT2D eigenvalue weighted by Gasteiger charge is -2.31. The molecule has 1 aromatic carbocycles. The molecule has 5 nitrogen and oxygen atoms in total. The number of hydrogen-bond acceptors (Lipinski definition) is 3. The summed E-state index contributed by atoms with van der Waals surface area (Å²) < 4.78 is 25.7. The van der Waals surface area contributed by atoms with E-state index in [-0.39, 0.29) is 13.1 Å². The van der Waals surface area contributed by atoms with E-state index in [9.17, 15) is 13.2 Å². The van der Waals surface area contributed by atoms with Crippen LogP contribution in [0.5, 0.6) is 0 Å². The lowest BCUT2D eigenvalue weighted by atomic mass is 10.1. The molecule has 0 aliphatic carbocycles. The van der Waals surface area contributed by atoms with E-state index < -0.39 is 26.4 Å². The van der Waals surface area contributed by atoms with E-state index in [2.05, 4.69) is 6.58 Å². The molecule has 0 radical (unpaired) electrons. The molecule has 1 amide bonds. The van der Waals surface area contributed by atoms with Gasteiger partial charge in [-0.1, -0.05) is 35.9 Å². The standard InChI is InChI=1S/C16H21NO4S/c1-3-15(13-6-4-12(2)5-7-13)22(20,21)14-8-10-17(11-9-14)16(18)19/h3-7,14-15H,1,8-11H2,2H3,(H,18,19). The van der Waals surface area contributed by atoms with Crippen LogP contribution in [0.1, 0.15) is 29.2 Å². The van der Waals surface area contributed by atoms with Gasteiger partial charge in [0.1, 0.15) is 5.25 Å². The maximum atomic E-state index is 12.8. The van der Waals surface area contributed by atoms with Gasteiger partial charge in [-0.25, -0.2) is 13.2 Å². The number of carbonyl (C=O) groups is 1. The van der Waals surface area contributed by atoms with Gasteiger partial charge in [-0.2, -0.15) is 0 Å². The number of aryl methyl sites for hydroxylation is 1. The van der Waals surface area contributed by atoms with Crippen molar-refractivity contribution in [3.63, 3.8) is 0 Å². The molecule has 0 spiro atoms. The third-order valence-electron chi connectivity index (χ3n) is 4.15. The highest BCUT2D eigenvalue weighted by Gasteiger charge is 2.36. The second-order valence-corrected chi connectivity index (χ2v) is 7.98. The lowest BCUT2D eigenvalue weighted by molar-refractivity contribution is 0.136. The van der Waals surface area contributed by atoms with Crippen molar-refractivity contribution in [1.29, 1.82) is 0 Å². The number of piperidine rings is 1. The summed E-state index contributed by atoms with van der Waals surface area (Å²) in [5.41, 5.74) is 1.78. The van der Waals surface area contributed by atoms with Gasteiger partial charge in [0.05, 0.1) is 5.25 Å². The van der Waals surface area contributed by atoms with Gasteiger partial charge in [-0.15, -0.1) is 6.58 Å². The van der Waals surface area contributed by atoms with Crippen molar-refractivity contribution in [2.24, 2.45) is 0 Å². The summed E-state index contributed by atoms with van der Waals surface area (Å²) in [6.45, 7) is 6.15. The second kappa shape index (κ2) is 6.52. The summed E-state index contributed by atoms with van der Waals surface area (Å²) in [6.07, 6.45) is 1.15. The van der Waals surface area contributed by atoms with Crippen molar-refractivity contribution in [2.45, 2.75) is 30.3 Å². The van der Waals surface area contributed by atoms with Gasteiger partial charge in [-0.05, 0) is 25.3 Å². The molecule has 0 bridgehead atoms. The number of benzene rings is 1. The molecule has 1 saturated heterocycles. The number of rotatable bonds is 4. The minimum atomic E-state index is -3.43. The molecule has 1 N–H and O–H groups in total. The van der Waals surface area contributed by atoms with Crippen LogP contribution in [0, 0.1) is 6.92 Å². The number of amides is 1. The van der Waals surface area contributed by atoms with Crippen molar-refractivity contribution >= 4 is 15.9 Å². The van der Waals surface area contributed by atoms with Gasteiger partial charge in [0.25, 0.3) is 0 Å². The Hall–Kier alpha value is -1.82. The van der Waals surface area contributed by atoms with Crippen LogP contribution in [0.15, 0.2) is 36.9 Å². The van der Waals surface area contributed by atoms with Gasteiger partial charge in [0.15, 0.2) is 9.84 Å². The van der Waals surface area contributed by atoms with Crippen LogP contribution >= 0.6 is 0 Å². The summed E-state index contributed by atoms with van der Waals surface area (Å²) >= 11 is 0. The number of sulfone groups is 1. The van der Waals surface area contributed by atoms with E-state index in [1.54, 1.807) is 0 Å². The first-order valence-electron chi connectivity index (χ1n) is 7.26. The molecule has 1 aliphatic rings. The van der Waals surface area contributed by atoms with E-state index in [1.165, 1.54) is 11.0 Å². The third kappa shape index (κ3) is 3.32. The van der Waals surface area contributed by atoms with Crippen LogP contribution in [0.25, 0.3) is 0 Å². The molecule has 6 heteroatoms. The molecule has 2 rings (SSSR count). The minimum Gasteiger partial charge on any atom is -0.465 e. The monoisotopic (exact) mass is 323 g/mol. The molecule has 1 aliphatic heterocycles. The van der Waals surface area contributed by atoms with Crippen molar-refractivity contribution in [3.05, 3.63) is 48.0 Å². The maximum absolute atomic E-state index is 12.8. The van der Waals surface area contributed by atoms with Crippen molar-refractivity contribution in [1.82, 2.24) is 4.90 Å². The zero-order valence-corrected chi connectivity index (χ0v) is 13.4. The Labute approximate surface area is 131 Å². The van der Waals surface area contributed by atoms with E-state index in [0.717, 1.165) is 5.56 Å². The molecule has 1 unspecified atom stereocenters. The summed E-state index contributed by atoms with van der Waals surface area (Å²) in [5, 5.41) is 7.68. The molecule has 0 saturated carbocycles. The summed E-state index contributed by atoms with van der Waals surface area (Å²) in [4.78, 5) is 12.2. The molecular formula is C16H21NO4S. The normalized spacial score (nSPS) is 18.0. The maximum Gasteiger partial charge on any atom is 0.407 e. The van der Waals surface area contributed by atoms with Gasteiger partial charge < -0.3 is 10.0 Å². The average Bonchev–Trinajstić information content (AvgIpc) is 2.50. The first-order valence-corrected chi connectivity index (χ1v) is 8.87. The molecule has 1 atom stereocenters.